The second-order valence-electron chi connectivity index (χ2n) is 7.70. The molecule has 1 heterocycles. The molecule has 2 atom stereocenters. The Hall–Kier alpha value is -2.69. The topological polar surface area (TPSA) is 48.0 Å². The van der Waals surface area contributed by atoms with Gasteiger partial charge in [0.25, 0.3) is 0 Å². The summed E-state index contributed by atoms with van der Waals surface area (Å²) in [6, 6.07) is 19.2. The Morgan fingerprint density at radius 1 is 1.00 bits per heavy atom. The lowest BCUT2D eigenvalue weighted by molar-refractivity contribution is 0.0176. The molecule has 0 bridgehead atoms. The lowest BCUT2D eigenvalue weighted by Crippen LogP contribution is -2.42. The van der Waals surface area contributed by atoms with Crippen LogP contribution in [-0.2, 0) is 4.74 Å². The number of nitrogens with zero attached hydrogens (tertiary/aromatic N) is 1. The van der Waals surface area contributed by atoms with Crippen molar-refractivity contribution >= 4 is 6.09 Å². The molecule has 0 unspecified atom stereocenters. The molecule has 3 rings (SSSR count). The molecule has 0 aromatic heterocycles. The second-order valence-corrected chi connectivity index (χ2v) is 7.70. The van der Waals surface area contributed by atoms with Crippen LogP contribution in [0, 0.1) is 0 Å². The Balaban J connectivity index is 1.67. The predicted octanol–water partition coefficient (Wildman–Crippen LogP) is 4.52. The van der Waals surface area contributed by atoms with Gasteiger partial charge < -0.3 is 14.2 Å². The van der Waals surface area contributed by atoms with Crippen LogP contribution in [0.4, 0.5) is 4.79 Å². The second kappa shape index (κ2) is 8.33. The molecule has 0 spiro atoms. The number of para-hydroxylation sites is 2. The summed E-state index contributed by atoms with van der Waals surface area (Å²) in [5.41, 5.74) is -0.541. The summed E-state index contributed by atoms with van der Waals surface area (Å²) in [6.45, 7) is 6.49. The Bertz CT molecular complexity index is 727. The van der Waals surface area contributed by atoms with Crippen molar-refractivity contribution < 1.29 is 19.0 Å². The first-order valence-electron chi connectivity index (χ1n) is 9.30. The van der Waals surface area contributed by atoms with E-state index in [2.05, 4.69) is 0 Å². The van der Waals surface area contributed by atoms with Gasteiger partial charge in [0.2, 0.25) is 0 Å². The average Bonchev–Trinajstić information content (AvgIpc) is 3.03. The van der Waals surface area contributed by atoms with E-state index in [-0.39, 0.29) is 18.2 Å². The Morgan fingerprint density at radius 3 is 2.19 bits per heavy atom. The summed E-state index contributed by atoms with van der Waals surface area (Å²) in [4.78, 5) is 14.4. The minimum Gasteiger partial charge on any atom is -0.491 e. The third kappa shape index (κ3) is 5.64. The lowest BCUT2D eigenvalue weighted by atomic mass is 10.2. The largest absolute Gasteiger partial charge is 0.491 e. The minimum atomic E-state index is -0.541. The molecule has 1 saturated heterocycles. The van der Waals surface area contributed by atoms with Crippen LogP contribution in [0.3, 0.4) is 0 Å². The maximum Gasteiger partial charge on any atom is 0.410 e. The van der Waals surface area contributed by atoms with Gasteiger partial charge in [0.05, 0.1) is 12.6 Å². The molecular weight excluding hydrogens is 342 g/mol. The SMILES string of the molecule is CC(C)(C)OC(=O)N1C[C@@H](Oc2ccccc2)C[C@H]1COc1ccccc1. The van der Waals surface area contributed by atoms with Crippen molar-refractivity contribution in [2.45, 2.75) is 44.9 Å². The van der Waals surface area contributed by atoms with E-state index in [0.29, 0.717) is 19.6 Å². The number of carbonyl (C=O) groups is 1. The van der Waals surface area contributed by atoms with Crippen molar-refractivity contribution in [3.8, 4) is 11.5 Å². The standard InChI is InChI=1S/C22H27NO4/c1-22(2,3)27-21(24)23-15-20(26-19-12-8-5-9-13-19)14-17(23)16-25-18-10-6-4-7-11-18/h4-13,17,20H,14-16H2,1-3H3/t17-,20-/m0/s1. The van der Waals surface area contributed by atoms with Crippen LogP contribution in [0.15, 0.2) is 60.7 Å². The molecule has 1 aliphatic heterocycles. The molecule has 1 amide bonds. The van der Waals surface area contributed by atoms with Gasteiger partial charge in [-0.15, -0.1) is 0 Å². The highest BCUT2D eigenvalue weighted by molar-refractivity contribution is 5.69. The van der Waals surface area contributed by atoms with Crippen LogP contribution in [0.2, 0.25) is 0 Å². The van der Waals surface area contributed by atoms with Crippen LogP contribution in [0.5, 0.6) is 11.5 Å². The molecule has 144 valence electrons. The highest BCUT2D eigenvalue weighted by Crippen LogP contribution is 2.26. The van der Waals surface area contributed by atoms with E-state index >= 15 is 0 Å². The van der Waals surface area contributed by atoms with E-state index in [1.165, 1.54) is 0 Å². The van der Waals surface area contributed by atoms with Gasteiger partial charge in [-0.1, -0.05) is 36.4 Å². The molecule has 5 nitrogen and oxygen atoms in total. The minimum absolute atomic E-state index is 0.0932. The molecule has 1 fully saturated rings. The predicted molar refractivity (Wildman–Crippen MR) is 104 cm³/mol. The zero-order chi connectivity index (χ0) is 19.3. The van der Waals surface area contributed by atoms with Crippen molar-refractivity contribution in [3.05, 3.63) is 60.7 Å². The summed E-state index contributed by atoms with van der Waals surface area (Å²) in [6.07, 6.45) is 0.272. The molecule has 0 N–H and O–H groups in total. The van der Waals surface area contributed by atoms with Crippen LogP contribution in [0.1, 0.15) is 27.2 Å². The van der Waals surface area contributed by atoms with Crippen LogP contribution >= 0.6 is 0 Å². The third-order valence-electron chi connectivity index (χ3n) is 4.24. The number of ether oxygens (including phenoxy) is 3. The van der Waals surface area contributed by atoms with E-state index in [1.54, 1.807) is 4.90 Å². The van der Waals surface area contributed by atoms with Crippen LogP contribution in [0.25, 0.3) is 0 Å². The van der Waals surface area contributed by atoms with E-state index in [0.717, 1.165) is 11.5 Å². The Labute approximate surface area is 160 Å². The Kier molecular flexibility index (Phi) is 5.89. The molecular formula is C22H27NO4. The highest BCUT2D eigenvalue weighted by Gasteiger charge is 2.39. The van der Waals surface area contributed by atoms with E-state index in [1.807, 2.05) is 81.4 Å². The van der Waals surface area contributed by atoms with Crippen molar-refractivity contribution in [3.63, 3.8) is 0 Å². The van der Waals surface area contributed by atoms with Gasteiger partial charge in [-0.3, -0.25) is 4.90 Å². The number of carbonyl (C=O) groups excluding carboxylic acids is 1. The molecule has 0 aliphatic carbocycles. The summed E-state index contributed by atoms with van der Waals surface area (Å²) in [5.74, 6) is 1.59. The maximum atomic E-state index is 12.7. The van der Waals surface area contributed by atoms with Crippen molar-refractivity contribution in [2.24, 2.45) is 0 Å². The molecule has 5 heteroatoms. The maximum absolute atomic E-state index is 12.7. The zero-order valence-electron chi connectivity index (χ0n) is 16.1. The van der Waals surface area contributed by atoms with Gasteiger partial charge in [-0.05, 0) is 45.0 Å². The fourth-order valence-corrected chi connectivity index (χ4v) is 3.06. The summed E-state index contributed by atoms with van der Waals surface area (Å²) in [7, 11) is 0. The molecule has 2 aromatic rings. The normalized spacial score (nSPS) is 19.6. The molecule has 0 saturated carbocycles. The molecule has 1 aliphatic rings. The fourth-order valence-electron chi connectivity index (χ4n) is 3.06. The van der Waals surface area contributed by atoms with Gasteiger partial charge in [-0.2, -0.15) is 0 Å². The number of rotatable bonds is 5. The van der Waals surface area contributed by atoms with Crippen LogP contribution < -0.4 is 9.47 Å². The third-order valence-corrected chi connectivity index (χ3v) is 4.24. The number of hydrogen-bond donors (Lipinski definition) is 0. The van der Waals surface area contributed by atoms with Crippen molar-refractivity contribution in [1.82, 2.24) is 4.90 Å². The fraction of sp³-hybridized carbons (Fsp3) is 0.409. The monoisotopic (exact) mass is 369 g/mol. The van der Waals surface area contributed by atoms with Gasteiger partial charge >= 0.3 is 6.09 Å². The lowest BCUT2D eigenvalue weighted by Gasteiger charge is -2.28. The quantitative estimate of drug-likeness (QED) is 0.777. The van der Waals surface area contributed by atoms with Gasteiger partial charge in [0.15, 0.2) is 0 Å². The number of likely N-dealkylation sites (tertiary alicyclic amines) is 1. The Morgan fingerprint density at radius 2 is 1.59 bits per heavy atom. The van der Waals surface area contributed by atoms with Crippen molar-refractivity contribution in [1.29, 1.82) is 0 Å². The first-order valence-corrected chi connectivity index (χ1v) is 9.30. The van der Waals surface area contributed by atoms with Crippen molar-refractivity contribution in [2.75, 3.05) is 13.2 Å². The zero-order valence-corrected chi connectivity index (χ0v) is 16.1. The van der Waals surface area contributed by atoms with E-state index in [4.69, 9.17) is 14.2 Å². The van der Waals surface area contributed by atoms with E-state index < -0.39 is 5.60 Å². The summed E-state index contributed by atoms with van der Waals surface area (Å²) < 4.78 is 17.5. The van der Waals surface area contributed by atoms with Gasteiger partial charge in [0.1, 0.15) is 29.8 Å². The summed E-state index contributed by atoms with van der Waals surface area (Å²) in [5, 5.41) is 0. The number of amides is 1. The van der Waals surface area contributed by atoms with Gasteiger partial charge in [0, 0.05) is 6.42 Å². The highest BCUT2D eigenvalue weighted by atomic mass is 16.6. The smallest absolute Gasteiger partial charge is 0.410 e. The van der Waals surface area contributed by atoms with Gasteiger partial charge in [-0.25, -0.2) is 4.79 Å². The number of benzene rings is 2. The first-order chi connectivity index (χ1) is 12.9. The molecule has 2 aromatic carbocycles. The first kappa shape index (κ1) is 19.1. The van der Waals surface area contributed by atoms with E-state index in [9.17, 15) is 4.79 Å². The molecule has 27 heavy (non-hydrogen) atoms. The summed E-state index contributed by atoms with van der Waals surface area (Å²) >= 11 is 0. The number of hydrogen-bond acceptors (Lipinski definition) is 4. The van der Waals surface area contributed by atoms with Crippen LogP contribution in [-0.4, -0.2) is 41.9 Å². The molecule has 0 radical (unpaired) electrons. The average molecular weight is 369 g/mol.